The van der Waals surface area contributed by atoms with Gasteiger partial charge in [-0.2, -0.15) is 0 Å². The summed E-state index contributed by atoms with van der Waals surface area (Å²) in [5.74, 6) is 0. The summed E-state index contributed by atoms with van der Waals surface area (Å²) in [6, 6.07) is 23.6. The minimum absolute atomic E-state index is 0.802. The molecule has 0 spiro atoms. The lowest BCUT2D eigenvalue weighted by Crippen LogP contribution is -2.34. The fourth-order valence-corrected chi connectivity index (χ4v) is 4.63. The van der Waals surface area contributed by atoms with Crippen molar-refractivity contribution in [2.75, 3.05) is 0 Å². The first-order chi connectivity index (χ1) is 33.4. The van der Waals surface area contributed by atoms with Crippen LogP contribution in [-0.4, -0.2) is 74.8 Å². The van der Waals surface area contributed by atoms with Gasteiger partial charge in [0.05, 0.1) is 0 Å². The summed E-state index contributed by atoms with van der Waals surface area (Å²) in [5, 5.41) is 0. The van der Waals surface area contributed by atoms with Gasteiger partial charge in [-0.15, -0.1) is 0 Å². The van der Waals surface area contributed by atoms with E-state index in [2.05, 4.69) is 66.4 Å². The Morgan fingerprint density at radius 2 is 0.304 bits per heavy atom. The van der Waals surface area contributed by atoms with Crippen LogP contribution >= 0.6 is 0 Å². The van der Waals surface area contributed by atoms with Crippen LogP contribution in [0.1, 0.15) is 33.4 Å². The van der Waals surface area contributed by atoms with Crippen molar-refractivity contribution < 1.29 is 0 Å². The maximum Gasteiger partial charge on any atom is 0.330 e. The Morgan fingerprint density at radius 1 is 0.203 bits per heavy atom. The van der Waals surface area contributed by atoms with Crippen LogP contribution in [-0.2, 0) is 0 Å². The van der Waals surface area contributed by atoms with Gasteiger partial charge in [0.2, 0.25) is 0 Å². The summed E-state index contributed by atoms with van der Waals surface area (Å²) in [4.78, 5) is 131. The summed E-state index contributed by atoms with van der Waals surface area (Å²) in [6.45, 7) is 0. The van der Waals surface area contributed by atoms with E-state index < -0.39 is 51.2 Å². The molecule has 24 nitrogen and oxygen atoms in total. The molecular formula is C45H39N15O9. The molecule has 9 aromatic rings. The summed E-state index contributed by atoms with van der Waals surface area (Å²) < 4.78 is 0. The first kappa shape index (κ1) is 51.0. The molecular weight excluding hydrogens is 895 g/mol. The van der Waals surface area contributed by atoms with Crippen LogP contribution in [0.25, 0.3) is 36.5 Å². The van der Waals surface area contributed by atoms with Gasteiger partial charge in [-0.1, -0.05) is 36.5 Å². The maximum absolute atomic E-state index is 10.2. The van der Waals surface area contributed by atoms with E-state index in [4.69, 9.17) is 0 Å². The monoisotopic (exact) mass is 933 g/mol. The standard InChI is InChI=1S/3C12H10N2.3C3H3N3O3/c3*1(11-3-7-13-8-4-11)2-12-5-9-14-10-6-12;3*7-1-4-2(8)6-3(9)5-1/h3*1-10H;3*(H3,4,5,6,7,8,9)/b3*2-1+;;;. The molecule has 0 aromatic carbocycles. The molecule has 0 aliphatic heterocycles. The van der Waals surface area contributed by atoms with E-state index >= 15 is 0 Å². The fraction of sp³-hybridized carbons (Fsp3) is 0. The third kappa shape index (κ3) is 22.5. The predicted octanol–water partition coefficient (Wildman–Crippen LogP) is 1.20. The molecule has 9 heterocycles. The van der Waals surface area contributed by atoms with Crippen molar-refractivity contribution in [1.29, 1.82) is 0 Å². The molecule has 9 N–H and O–H groups in total. The van der Waals surface area contributed by atoms with Gasteiger partial charge in [-0.25, -0.2) is 43.2 Å². The highest BCUT2D eigenvalue weighted by atomic mass is 16.2. The molecule has 0 atom stereocenters. The molecule has 0 saturated carbocycles. The van der Waals surface area contributed by atoms with Crippen molar-refractivity contribution in [3.05, 3.63) is 275 Å². The quantitative estimate of drug-likeness (QED) is 0.113. The Kier molecular flexibility index (Phi) is 21.4. The zero-order chi connectivity index (χ0) is 49.5. The third-order valence-electron chi connectivity index (χ3n) is 7.68. The first-order valence-corrected chi connectivity index (χ1v) is 19.6. The summed E-state index contributed by atoms with van der Waals surface area (Å²) in [5.41, 5.74) is -0.320. The van der Waals surface area contributed by atoms with E-state index in [1.54, 1.807) is 119 Å². The molecule has 0 aliphatic carbocycles. The SMILES string of the molecule is C(=C\c1ccncc1)/c1ccncc1.C(=C\c1ccncc1)/c1ccncc1.C(=C\c1ccncc1)/c1ccncc1.O=c1[nH]c(=O)[nH]c(=O)[nH]1.O=c1[nH]c(=O)[nH]c(=O)[nH]1.O=c1[nH]c(=O)[nH]c(=O)[nH]1. The molecule has 348 valence electrons. The molecule has 0 fully saturated rings. The third-order valence-corrected chi connectivity index (χ3v) is 7.68. The van der Waals surface area contributed by atoms with Crippen LogP contribution in [0, 0.1) is 0 Å². The van der Waals surface area contributed by atoms with Gasteiger partial charge in [-0.3, -0.25) is 74.8 Å². The number of aromatic amines is 9. The number of hydrogen-bond donors (Lipinski definition) is 9. The highest BCUT2D eigenvalue weighted by Crippen LogP contribution is 2.07. The van der Waals surface area contributed by atoms with E-state index in [0.717, 1.165) is 33.4 Å². The van der Waals surface area contributed by atoms with Gasteiger partial charge in [0.1, 0.15) is 0 Å². The van der Waals surface area contributed by atoms with Gasteiger partial charge in [0, 0.05) is 74.4 Å². The lowest BCUT2D eigenvalue weighted by molar-refractivity contribution is 0.887. The second-order valence-electron chi connectivity index (χ2n) is 12.8. The topological polar surface area (TPSA) is 373 Å². The van der Waals surface area contributed by atoms with Crippen molar-refractivity contribution in [3.63, 3.8) is 0 Å². The van der Waals surface area contributed by atoms with Gasteiger partial charge < -0.3 is 0 Å². The maximum atomic E-state index is 10.2. The Labute approximate surface area is 385 Å². The Hall–Kier alpha value is -10.6. The van der Waals surface area contributed by atoms with Crippen LogP contribution in [0.5, 0.6) is 0 Å². The van der Waals surface area contributed by atoms with Gasteiger partial charge in [-0.05, 0) is 106 Å². The summed E-state index contributed by atoms with van der Waals surface area (Å²) >= 11 is 0. The minimum Gasteiger partial charge on any atom is -0.265 e. The number of nitrogens with one attached hydrogen (secondary N) is 9. The van der Waals surface area contributed by atoms with E-state index in [1.165, 1.54) is 0 Å². The fourth-order valence-electron chi connectivity index (χ4n) is 4.63. The van der Waals surface area contributed by atoms with Crippen LogP contribution in [0.15, 0.2) is 190 Å². The van der Waals surface area contributed by atoms with E-state index in [9.17, 15) is 43.2 Å². The van der Waals surface area contributed by atoms with E-state index in [0.29, 0.717) is 0 Å². The largest absolute Gasteiger partial charge is 0.330 e. The van der Waals surface area contributed by atoms with Crippen LogP contribution in [0.3, 0.4) is 0 Å². The molecule has 24 heteroatoms. The van der Waals surface area contributed by atoms with Gasteiger partial charge >= 0.3 is 51.2 Å². The summed E-state index contributed by atoms with van der Waals surface area (Å²) in [7, 11) is 0. The van der Waals surface area contributed by atoms with Gasteiger partial charge in [0.15, 0.2) is 0 Å². The van der Waals surface area contributed by atoms with Crippen molar-refractivity contribution in [2.45, 2.75) is 0 Å². The van der Waals surface area contributed by atoms with Crippen LogP contribution in [0.2, 0.25) is 0 Å². The lowest BCUT2D eigenvalue weighted by Gasteiger charge is -1.92. The number of H-pyrrole nitrogens is 9. The molecule has 9 rings (SSSR count). The highest BCUT2D eigenvalue weighted by molar-refractivity contribution is 5.70. The molecule has 0 amide bonds. The van der Waals surface area contributed by atoms with Gasteiger partial charge in [0.25, 0.3) is 0 Å². The smallest absolute Gasteiger partial charge is 0.265 e. The average Bonchev–Trinajstić information content (AvgIpc) is 3.34. The Bertz CT molecular complexity index is 2800. The predicted molar refractivity (Wildman–Crippen MR) is 257 cm³/mol. The van der Waals surface area contributed by atoms with E-state index in [-0.39, 0.29) is 0 Å². The lowest BCUT2D eigenvalue weighted by atomic mass is 10.2. The molecule has 0 unspecified atom stereocenters. The van der Waals surface area contributed by atoms with Crippen LogP contribution < -0.4 is 51.2 Å². The highest BCUT2D eigenvalue weighted by Gasteiger charge is 1.90. The molecule has 69 heavy (non-hydrogen) atoms. The van der Waals surface area contributed by atoms with Crippen molar-refractivity contribution in [2.24, 2.45) is 0 Å². The molecule has 0 bridgehead atoms. The van der Waals surface area contributed by atoms with Crippen molar-refractivity contribution in [1.82, 2.24) is 74.8 Å². The van der Waals surface area contributed by atoms with Crippen molar-refractivity contribution >= 4 is 36.5 Å². The molecule has 0 radical (unpaired) electrons. The van der Waals surface area contributed by atoms with Crippen molar-refractivity contribution in [3.8, 4) is 0 Å². The number of hydrogen-bond acceptors (Lipinski definition) is 15. The number of rotatable bonds is 6. The average molecular weight is 934 g/mol. The second-order valence-corrected chi connectivity index (χ2v) is 12.8. The van der Waals surface area contributed by atoms with E-state index in [1.807, 2.05) is 72.8 Å². The minimum atomic E-state index is -0.802. The normalized spacial score (nSPS) is 10.1. The number of pyridine rings is 6. The first-order valence-electron chi connectivity index (χ1n) is 19.6. The molecule has 0 aliphatic rings. The zero-order valence-electron chi connectivity index (χ0n) is 35.7. The van der Waals surface area contributed by atoms with Crippen LogP contribution in [0.4, 0.5) is 0 Å². The molecule has 9 aromatic heterocycles. The zero-order valence-corrected chi connectivity index (χ0v) is 35.7. The molecule has 0 saturated heterocycles. The Balaban J connectivity index is 0.000000183. The second kappa shape index (κ2) is 28.9. The summed E-state index contributed by atoms with van der Waals surface area (Å²) in [6.07, 6.45) is 33.7. The number of aromatic nitrogens is 15. The Morgan fingerprint density at radius 3 is 0.406 bits per heavy atom. The number of nitrogens with zero attached hydrogens (tertiary/aromatic N) is 6.